The molecule has 3 atom stereocenters. The van der Waals surface area contributed by atoms with E-state index in [1.807, 2.05) is 0 Å². The molecule has 0 amide bonds. The second kappa shape index (κ2) is 9.99. The molecule has 5 aliphatic carbocycles. The highest BCUT2D eigenvalue weighted by Crippen LogP contribution is 2.70. The molecule has 7 aromatic rings. The Morgan fingerprint density at radius 3 is 2.27 bits per heavy atom. The number of allylic oxidation sites excluding steroid dienone is 8. The first-order valence-corrected chi connectivity index (χ1v) is 18.2. The Morgan fingerprint density at radius 2 is 1.37 bits per heavy atom. The van der Waals surface area contributed by atoms with Crippen molar-refractivity contribution in [1.29, 1.82) is 0 Å². The smallest absolute Gasteiger partial charge is 0.156 e. The van der Waals surface area contributed by atoms with Gasteiger partial charge in [0.15, 0.2) is 5.82 Å². The van der Waals surface area contributed by atoms with Gasteiger partial charge < -0.3 is 0 Å². The van der Waals surface area contributed by atoms with Crippen molar-refractivity contribution < 1.29 is 0 Å². The Kier molecular flexibility index (Phi) is 5.42. The van der Waals surface area contributed by atoms with Gasteiger partial charge in [0.05, 0.1) is 16.6 Å². The van der Waals surface area contributed by atoms with Crippen LogP contribution in [0.1, 0.15) is 29.8 Å². The first-order valence-electron chi connectivity index (χ1n) is 18.2. The van der Waals surface area contributed by atoms with E-state index in [0.29, 0.717) is 0 Å². The molecule has 1 heterocycles. The zero-order valence-electron chi connectivity index (χ0n) is 28.0. The number of fused-ring (bicyclic) bond motifs is 14. The topological polar surface area (TPSA) is 25.8 Å². The summed E-state index contributed by atoms with van der Waals surface area (Å²) in [6.07, 6.45) is 14.0. The van der Waals surface area contributed by atoms with Gasteiger partial charge in [-0.2, -0.15) is 0 Å². The molecule has 6 aromatic carbocycles. The maximum Gasteiger partial charge on any atom is 0.156 e. The molecule has 0 radical (unpaired) electrons. The van der Waals surface area contributed by atoms with Crippen LogP contribution in [0.3, 0.4) is 0 Å². The molecule has 0 fully saturated rings. The lowest BCUT2D eigenvalue weighted by molar-refractivity contribution is 0.437. The van der Waals surface area contributed by atoms with Crippen molar-refractivity contribution in [2.45, 2.75) is 18.3 Å². The largest absolute Gasteiger partial charge is 0.228 e. The summed E-state index contributed by atoms with van der Waals surface area (Å²) < 4.78 is 0. The van der Waals surface area contributed by atoms with Crippen molar-refractivity contribution in [1.82, 2.24) is 9.97 Å². The minimum Gasteiger partial charge on any atom is -0.228 e. The summed E-state index contributed by atoms with van der Waals surface area (Å²) in [5.41, 5.74) is 18.0. The summed E-state index contributed by atoms with van der Waals surface area (Å²) >= 11 is 0. The van der Waals surface area contributed by atoms with Crippen molar-refractivity contribution >= 4 is 27.2 Å². The lowest BCUT2D eigenvalue weighted by Gasteiger charge is -2.41. The standard InChI is InChI=1S/C49H32N2/c1-2-14-29(15-3-1)47-36-20-8-11-27-43(36)50-48(51-47)38-24-13-22-34-32-18-6-9-25-40(32)49(46(34)38)41-26-10-7-19-35(41)45-37-23-12-21-33-30-16-4-5-17-31(30)39(44(33)37)28-42(45)49/h1-8,10-24,26-28,34,46H,9,25H2. The lowest BCUT2D eigenvalue weighted by Crippen LogP contribution is -2.37. The molecule has 0 saturated carbocycles. The second-order valence-corrected chi connectivity index (χ2v) is 14.6. The van der Waals surface area contributed by atoms with E-state index in [-0.39, 0.29) is 17.3 Å². The Labute approximate surface area is 296 Å². The summed E-state index contributed by atoms with van der Waals surface area (Å²) in [6, 6.07) is 47.0. The van der Waals surface area contributed by atoms with Crippen LogP contribution in [0.25, 0.3) is 71.9 Å². The van der Waals surface area contributed by atoms with E-state index in [1.165, 1.54) is 66.4 Å². The van der Waals surface area contributed by atoms with E-state index in [2.05, 4.69) is 158 Å². The fourth-order valence-electron chi connectivity index (χ4n) is 10.6. The van der Waals surface area contributed by atoms with Crippen LogP contribution in [-0.4, -0.2) is 9.97 Å². The summed E-state index contributed by atoms with van der Waals surface area (Å²) in [7, 11) is 0. The molecule has 3 unspecified atom stereocenters. The average molecular weight is 649 g/mol. The number of hydrogen-bond acceptors (Lipinski definition) is 2. The Morgan fingerprint density at radius 1 is 0.627 bits per heavy atom. The van der Waals surface area contributed by atoms with Gasteiger partial charge in [0.2, 0.25) is 0 Å². The van der Waals surface area contributed by atoms with Gasteiger partial charge in [-0.05, 0) is 85.8 Å². The predicted molar refractivity (Wildman–Crippen MR) is 209 cm³/mol. The van der Waals surface area contributed by atoms with Gasteiger partial charge in [-0.1, -0.05) is 151 Å². The molecule has 12 rings (SSSR count). The second-order valence-electron chi connectivity index (χ2n) is 14.6. The molecule has 51 heavy (non-hydrogen) atoms. The number of nitrogens with zero attached hydrogens (tertiary/aromatic N) is 2. The Hall–Kier alpha value is -6.12. The van der Waals surface area contributed by atoms with Gasteiger partial charge in [0.25, 0.3) is 0 Å². The van der Waals surface area contributed by atoms with E-state index in [4.69, 9.17) is 9.97 Å². The maximum atomic E-state index is 5.51. The third-order valence-electron chi connectivity index (χ3n) is 12.4. The Bertz CT molecular complexity index is 2810. The Balaban J connectivity index is 1.19. The first-order chi connectivity index (χ1) is 25.3. The van der Waals surface area contributed by atoms with Gasteiger partial charge in [-0.25, -0.2) is 9.97 Å². The number of rotatable bonds is 2. The highest BCUT2D eigenvalue weighted by atomic mass is 14.9. The van der Waals surface area contributed by atoms with Crippen LogP contribution in [0, 0.1) is 11.8 Å². The van der Waals surface area contributed by atoms with Crippen LogP contribution in [0.15, 0.2) is 169 Å². The molecular weight excluding hydrogens is 617 g/mol. The maximum absolute atomic E-state index is 5.51. The number of aromatic nitrogens is 2. The van der Waals surface area contributed by atoms with Gasteiger partial charge in [0.1, 0.15) is 0 Å². The predicted octanol–water partition coefficient (Wildman–Crippen LogP) is 11.9. The van der Waals surface area contributed by atoms with Crippen LogP contribution in [0.2, 0.25) is 0 Å². The minimum atomic E-state index is -0.354. The molecule has 238 valence electrons. The number of para-hydroxylation sites is 1. The summed E-state index contributed by atoms with van der Waals surface area (Å²) in [4.78, 5) is 10.9. The van der Waals surface area contributed by atoms with Crippen molar-refractivity contribution in [3.63, 3.8) is 0 Å². The van der Waals surface area contributed by atoms with Gasteiger partial charge >= 0.3 is 0 Å². The van der Waals surface area contributed by atoms with E-state index in [9.17, 15) is 0 Å². The summed E-state index contributed by atoms with van der Waals surface area (Å²) in [5.74, 6) is 1.15. The molecule has 0 N–H and O–H groups in total. The molecule has 0 aliphatic heterocycles. The first kappa shape index (κ1) is 27.7. The van der Waals surface area contributed by atoms with Crippen molar-refractivity contribution in [2.75, 3.05) is 0 Å². The van der Waals surface area contributed by atoms with Crippen molar-refractivity contribution in [3.8, 4) is 44.6 Å². The SMILES string of the molecule is C1=CC2C3=C(CCC=C3)C3(c4ccccc4-c4c3cc3c5c(cccc45)-c4ccccc4-3)C2C(c2nc(-c3ccccc3)c3ccccc3n2)=C1. The molecule has 2 nitrogen and oxygen atoms in total. The summed E-state index contributed by atoms with van der Waals surface area (Å²) in [6.45, 7) is 0. The van der Waals surface area contributed by atoms with Gasteiger partial charge in [-0.3, -0.25) is 0 Å². The third kappa shape index (κ3) is 3.43. The highest BCUT2D eigenvalue weighted by molar-refractivity contribution is 6.20. The monoisotopic (exact) mass is 648 g/mol. The molecule has 0 saturated heterocycles. The van der Waals surface area contributed by atoms with E-state index >= 15 is 0 Å². The summed E-state index contributed by atoms with van der Waals surface area (Å²) in [5, 5.41) is 3.84. The molecule has 1 aromatic heterocycles. The normalized spacial score (nSPS) is 21.5. The quantitative estimate of drug-likeness (QED) is 0.186. The lowest BCUT2D eigenvalue weighted by atomic mass is 9.60. The zero-order chi connectivity index (χ0) is 33.3. The van der Waals surface area contributed by atoms with Crippen LogP contribution >= 0.6 is 0 Å². The van der Waals surface area contributed by atoms with Crippen molar-refractivity contribution in [3.05, 3.63) is 186 Å². The van der Waals surface area contributed by atoms with E-state index < -0.39 is 0 Å². The molecular formula is C49H32N2. The van der Waals surface area contributed by atoms with Gasteiger partial charge in [0, 0.05) is 28.4 Å². The van der Waals surface area contributed by atoms with Gasteiger partial charge in [-0.15, -0.1) is 0 Å². The fourth-order valence-corrected chi connectivity index (χ4v) is 10.6. The molecule has 1 spiro atoms. The molecule has 5 aliphatic rings. The fraction of sp³-hybridized carbons (Fsp3) is 0.102. The van der Waals surface area contributed by atoms with Crippen molar-refractivity contribution in [2.24, 2.45) is 11.8 Å². The number of benzene rings is 6. The van der Waals surface area contributed by atoms with Crippen LogP contribution in [-0.2, 0) is 5.41 Å². The van der Waals surface area contributed by atoms with Crippen LogP contribution in [0.5, 0.6) is 0 Å². The molecule has 2 heteroatoms. The third-order valence-corrected chi connectivity index (χ3v) is 12.4. The average Bonchev–Trinajstić information content (AvgIpc) is 3.80. The number of hydrogen-bond donors (Lipinski definition) is 0. The van der Waals surface area contributed by atoms with E-state index in [0.717, 1.165) is 40.8 Å². The van der Waals surface area contributed by atoms with E-state index in [1.54, 1.807) is 5.57 Å². The van der Waals surface area contributed by atoms with Crippen LogP contribution < -0.4 is 0 Å². The highest BCUT2D eigenvalue weighted by Gasteiger charge is 2.60. The zero-order valence-corrected chi connectivity index (χ0v) is 28.0. The van der Waals surface area contributed by atoms with Crippen LogP contribution in [0.4, 0.5) is 0 Å². The minimum absolute atomic E-state index is 0.104. The molecule has 0 bridgehead atoms.